The molecule has 0 aromatic carbocycles. The van der Waals surface area contributed by atoms with Crippen molar-refractivity contribution in [2.45, 2.75) is 48.8 Å². The Labute approximate surface area is 115 Å². The molecule has 4 unspecified atom stereocenters. The fraction of sp³-hybridized carbons (Fsp3) is 1.00. The van der Waals surface area contributed by atoms with Crippen LogP contribution in [0.25, 0.3) is 0 Å². The number of halogens is 1. The molecule has 0 radical (unpaired) electrons. The molecule has 17 heavy (non-hydrogen) atoms. The molecule has 0 fully saturated rings. The maximum absolute atomic E-state index is 6.92. The van der Waals surface area contributed by atoms with Gasteiger partial charge in [0, 0.05) is 25.5 Å². The van der Waals surface area contributed by atoms with Crippen molar-refractivity contribution in [1.29, 1.82) is 0 Å². The Morgan fingerprint density at radius 1 is 1.18 bits per heavy atom. The lowest BCUT2D eigenvalue weighted by atomic mass is 10.7. The van der Waals surface area contributed by atoms with Crippen LogP contribution in [0.5, 0.6) is 0 Å². The molecule has 0 aliphatic heterocycles. The quantitative estimate of drug-likeness (QED) is 0.535. The third-order valence-corrected chi connectivity index (χ3v) is 1.14. The minimum atomic E-state index is -0.153. The van der Waals surface area contributed by atoms with Crippen molar-refractivity contribution in [2.75, 3.05) is 6.61 Å². The van der Waals surface area contributed by atoms with Gasteiger partial charge in [-0.05, 0) is 23.3 Å². The predicted octanol–water partition coefficient (Wildman–Crippen LogP) is 3.29. The molecule has 0 aromatic rings. The summed E-state index contributed by atoms with van der Waals surface area (Å²) in [5, 5.41) is 0. The van der Waals surface area contributed by atoms with Crippen LogP contribution in [-0.2, 0) is 9.05 Å². The van der Waals surface area contributed by atoms with Gasteiger partial charge in [-0.2, -0.15) is 0 Å². The summed E-state index contributed by atoms with van der Waals surface area (Å²) in [6, 6.07) is 0. The summed E-state index contributed by atoms with van der Waals surface area (Å²) in [7, 11) is 5.64. The average Bonchev–Trinajstić information content (AvgIpc) is 2.24. The monoisotopic (exact) mass is 320 g/mol. The Morgan fingerprint density at radius 2 is 1.29 bits per heavy atom. The third-order valence-electron chi connectivity index (χ3n) is 0.381. The maximum atomic E-state index is 6.92. The van der Waals surface area contributed by atoms with Gasteiger partial charge in [-0.15, -0.1) is 0 Å². The summed E-state index contributed by atoms with van der Waals surface area (Å²) in [6.45, 7) is 8.48. The lowest BCUT2D eigenvalue weighted by Crippen LogP contribution is -2.13. The first-order chi connectivity index (χ1) is 6.18. The highest BCUT2D eigenvalue weighted by molar-refractivity contribution is 7.10. The summed E-state index contributed by atoms with van der Waals surface area (Å²) in [4.78, 5) is 6.92. The van der Waals surface area contributed by atoms with E-state index in [0.29, 0.717) is 0 Å². The van der Waals surface area contributed by atoms with Gasteiger partial charge in [0.1, 0.15) is 6.23 Å². The minimum absolute atomic E-state index is 0. The van der Waals surface area contributed by atoms with Crippen molar-refractivity contribution < 1.29 is 18.6 Å². The molecule has 0 rings (SSSR count). The van der Waals surface area contributed by atoms with E-state index in [9.17, 15) is 0 Å². The van der Waals surface area contributed by atoms with Gasteiger partial charge >= 0.3 is 0 Å². The van der Waals surface area contributed by atoms with E-state index in [1.54, 1.807) is 6.92 Å². The Bertz CT molecular complexity index is 61.0. The second-order valence-electron chi connectivity index (χ2n) is 1.30. The Morgan fingerprint density at radius 3 is 1.29 bits per heavy atom. The summed E-state index contributed by atoms with van der Waals surface area (Å²) >= 11 is 0. The van der Waals surface area contributed by atoms with Gasteiger partial charge < -0.3 is 25.8 Å². The van der Waals surface area contributed by atoms with Crippen LogP contribution < -0.4 is 11.9 Å². The molecular formula is C8H36FN2O3P3. The highest BCUT2D eigenvalue weighted by Crippen LogP contribution is 1.85. The van der Waals surface area contributed by atoms with E-state index in [4.69, 9.17) is 10.6 Å². The zero-order valence-corrected chi connectivity index (χ0v) is 13.4. The maximum Gasteiger partial charge on any atom is 0.106 e. The van der Waals surface area contributed by atoms with Crippen molar-refractivity contribution in [2.24, 2.45) is 5.73 Å². The fourth-order valence-corrected chi connectivity index (χ4v) is 0. The lowest BCUT2D eigenvalue weighted by Gasteiger charge is -1.95. The van der Waals surface area contributed by atoms with Crippen molar-refractivity contribution in [3.05, 3.63) is 0 Å². The summed E-state index contributed by atoms with van der Waals surface area (Å²) < 4.78 is 8.90. The van der Waals surface area contributed by atoms with Gasteiger partial charge in [-0.3, -0.25) is 4.70 Å². The second-order valence-corrected chi connectivity index (χ2v) is 1.90. The molecule has 118 valence electrons. The third kappa shape index (κ3) is 238. The highest BCUT2D eigenvalue weighted by Gasteiger charge is 1.78. The molecule has 0 heterocycles. The first-order valence-corrected chi connectivity index (χ1v) is 5.33. The second kappa shape index (κ2) is 88.6. The number of nitrogens with two attached hydrogens (primary N) is 1. The number of hydrogen-bond acceptors (Lipinski definition) is 5. The first kappa shape index (κ1) is 52.0. The van der Waals surface area contributed by atoms with Gasteiger partial charge in [0.15, 0.2) is 0 Å². The Hall–Kier alpha value is 1.02. The molecular weight excluding hydrogens is 284 g/mol. The van der Waals surface area contributed by atoms with Gasteiger partial charge in [-0.1, -0.05) is 28.7 Å². The summed E-state index contributed by atoms with van der Waals surface area (Å²) in [5.74, 6) is 0. The van der Waals surface area contributed by atoms with Crippen molar-refractivity contribution >= 4 is 28.4 Å². The molecule has 0 amide bonds. The first-order valence-electron chi connectivity index (χ1n) is 3.87. The van der Waals surface area contributed by atoms with Crippen LogP contribution in [0.3, 0.4) is 0 Å². The van der Waals surface area contributed by atoms with Gasteiger partial charge in [0.25, 0.3) is 0 Å². The van der Waals surface area contributed by atoms with E-state index in [-0.39, 0.29) is 31.9 Å². The smallest absolute Gasteiger partial charge is 0.106 e. The van der Waals surface area contributed by atoms with Crippen LogP contribution in [0.4, 0.5) is 4.70 Å². The molecule has 6 N–H and O–H groups in total. The van der Waals surface area contributed by atoms with Crippen LogP contribution in [0.1, 0.15) is 42.5 Å². The molecule has 0 aliphatic rings. The van der Waals surface area contributed by atoms with E-state index >= 15 is 0 Å². The van der Waals surface area contributed by atoms with Crippen molar-refractivity contribution in [1.82, 2.24) is 6.15 Å². The Balaban J connectivity index is -0.0000000105. The van der Waals surface area contributed by atoms with Gasteiger partial charge in [0.05, 0.1) is 0 Å². The zero-order valence-electron chi connectivity index (χ0n) is 9.97. The average molecular weight is 320 g/mol. The number of hydrogen-bond donors (Lipinski definition) is 3. The highest BCUT2D eigenvalue weighted by atomic mass is 31.0. The predicted molar refractivity (Wildman–Crippen MR) is 90.0 cm³/mol. The Kier molecular flexibility index (Phi) is 271. The normalized spacial score (nSPS) is 6.88. The summed E-state index contributed by atoms with van der Waals surface area (Å²) in [6.07, 6.45) is -0.153. The van der Waals surface area contributed by atoms with Crippen LogP contribution >= 0.6 is 28.4 Å². The van der Waals surface area contributed by atoms with Crippen LogP contribution in [0.15, 0.2) is 0 Å². The van der Waals surface area contributed by atoms with E-state index in [1.165, 1.54) is 9.47 Å². The van der Waals surface area contributed by atoms with E-state index in [0.717, 1.165) is 6.61 Å². The van der Waals surface area contributed by atoms with Gasteiger partial charge in [-0.25, -0.2) is 0 Å². The largest absolute Gasteiger partial charge is 0.380 e. The fourth-order valence-electron chi connectivity index (χ4n) is 0. The van der Waals surface area contributed by atoms with E-state index < -0.39 is 0 Å². The summed E-state index contributed by atoms with van der Waals surface area (Å²) in [5.41, 5.74) is 5.05. The molecule has 0 saturated heterocycles. The molecule has 0 saturated carbocycles. The van der Waals surface area contributed by atoms with Crippen molar-refractivity contribution in [3.63, 3.8) is 0 Å². The van der Waals surface area contributed by atoms with Crippen LogP contribution in [0, 0.1) is 0 Å². The van der Waals surface area contributed by atoms with Gasteiger partial charge in [0.2, 0.25) is 0 Å². The molecule has 4 atom stereocenters. The topological polar surface area (TPSA) is 99.7 Å². The minimum Gasteiger partial charge on any atom is -0.380 e. The molecule has 0 spiro atoms. The molecule has 5 nitrogen and oxygen atoms in total. The standard InChI is InChI=1S/C2H8NOP.C2H7OP.C2H6.2CH4.FH.H3N.H3OP/c1-2(3)4-5;1-2-3-4;1-2;;;;;1-2/h2H,3,5H2,1H3;2,4H2,1H3;1-2H3;2*1H4;1H;1H3;1H,2H2. The molecule has 0 bridgehead atoms. The lowest BCUT2D eigenvalue weighted by molar-refractivity contribution is 0.273. The molecule has 9 heteroatoms. The SMILES string of the molecule is C.C.CC.CC(N)OP.CCOP.F.N.OP. The molecule has 0 aromatic heterocycles. The molecule has 0 aliphatic carbocycles. The van der Waals surface area contributed by atoms with Crippen molar-refractivity contribution in [3.8, 4) is 0 Å². The number of rotatable bonds is 2. The van der Waals surface area contributed by atoms with E-state index in [1.807, 2.05) is 20.8 Å². The van der Waals surface area contributed by atoms with E-state index in [2.05, 4.69) is 28.0 Å². The van der Waals surface area contributed by atoms with Crippen LogP contribution in [-0.4, -0.2) is 17.7 Å². The zero-order chi connectivity index (χ0) is 11.7. The van der Waals surface area contributed by atoms with Crippen LogP contribution in [0.2, 0.25) is 0 Å².